The fourth-order valence-corrected chi connectivity index (χ4v) is 3.50. The van der Waals surface area contributed by atoms with Crippen LogP contribution in [0.5, 0.6) is 0 Å². The molecule has 6 heteroatoms. The smallest absolute Gasteiger partial charge is 0.336 e. The van der Waals surface area contributed by atoms with Gasteiger partial charge in [0.2, 0.25) is 0 Å². The van der Waals surface area contributed by atoms with Gasteiger partial charge in [0.25, 0.3) is 0 Å². The zero-order chi connectivity index (χ0) is 14.8. The van der Waals surface area contributed by atoms with Gasteiger partial charge in [0.1, 0.15) is 5.82 Å². The molecular weight excluding hydrogens is 352 g/mol. The van der Waals surface area contributed by atoms with Crippen molar-refractivity contribution in [1.82, 2.24) is 4.98 Å². The topological polar surface area (TPSA) is 62.2 Å². The summed E-state index contributed by atoms with van der Waals surface area (Å²) >= 11 is 5.10. The fourth-order valence-electron chi connectivity index (χ4n) is 2.06. The number of fused-ring (bicyclic) bond motifs is 1. The van der Waals surface area contributed by atoms with E-state index in [2.05, 4.69) is 26.2 Å². The Morgan fingerprint density at radius 3 is 2.86 bits per heavy atom. The molecular formula is C15H11BrN2O2S. The van der Waals surface area contributed by atoms with Crippen molar-refractivity contribution in [3.8, 4) is 0 Å². The molecule has 106 valence electrons. The second kappa shape index (κ2) is 5.83. The van der Waals surface area contributed by atoms with Crippen LogP contribution in [-0.4, -0.2) is 16.1 Å². The number of hydrogen-bond donors (Lipinski definition) is 2. The van der Waals surface area contributed by atoms with Crippen molar-refractivity contribution >= 4 is 50.0 Å². The molecule has 0 aliphatic rings. The average Bonchev–Trinajstić information content (AvgIpc) is 2.89. The number of nitrogens with one attached hydrogen (secondary N) is 1. The predicted molar refractivity (Wildman–Crippen MR) is 88.0 cm³/mol. The van der Waals surface area contributed by atoms with Crippen LogP contribution in [-0.2, 0) is 6.54 Å². The Labute approximate surface area is 133 Å². The van der Waals surface area contributed by atoms with E-state index in [-0.39, 0.29) is 5.56 Å². The van der Waals surface area contributed by atoms with Crippen LogP contribution in [0.15, 0.2) is 46.3 Å². The molecule has 0 fully saturated rings. The highest BCUT2D eigenvalue weighted by molar-refractivity contribution is 9.10. The number of benzene rings is 1. The lowest BCUT2D eigenvalue weighted by Gasteiger charge is -2.08. The summed E-state index contributed by atoms with van der Waals surface area (Å²) in [5, 5.41) is 15.2. The quantitative estimate of drug-likeness (QED) is 0.723. The minimum absolute atomic E-state index is 0.258. The maximum atomic E-state index is 11.4. The lowest BCUT2D eigenvalue weighted by molar-refractivity contribution is 0.0699. The normalized spacial score (nSPS) is 10.7. The first-order valence-corrected chi connectivity index (χ1v) is 7.91. The molecule has 0 radical (unpaired) electrons. The third-order valence-corrected chi connectivity index (χ3v) is 4.99. The Bertz CT molecular complexity index is 816. The van der Waals surface area contributed by atoms with Crippen LogP contribution in [0.2, 0.25) is 0 Å². The van der Waals surface area contributed by atoms with Crippen LogP contribution in [0.3, 0.4) is 0 Å². The van der Waals surface area contributed by atoms with Gasteiger partial charge in [-0.25, -0.2) is 9.78 Å². The number of aromatic carboxylic acids is 1. The molecule has 0 spiro atoms. The molecule has 0 aliphatic heterocycles. The third kappa shape index (κ3) is 2.91. The van der Waals surface area contributed by atoms with Gasteiger partial charge in [-0.2, -0.15) is 0 Å². The van der Waals surface area contributed by atoms with Gasteiger partial charge in [0.15, 0.2) is 0 Å². The van der Waals surface area contributed by atoms with E-state index in [4.69, 9.17) is 0 Å². The summed E-state index contributed by atoms with van der Waals surface area (Å²) in [7, 11) is 0. The molecule has 0 saturated carbocycles. The number of nitrogens with zero attached hydrogens (tertiary/aromatic N) is 1. The Morgan fingerprint density at radius 2 is 2.14 bits per heavy atom. The number of aromatic nitrogens is 1. The van der Waals surface area contributed by atoms with E-state index in [0.29, 0.717) is 23.3 Å². The Balaban J connectivity index is 1.95. The number of pyridine rings is 1. The molecule has 2 aromatic heterocycles. The van der Waals surface area contributed by atoms with Crippen LogP contribution in [0.25, 0.3) is 10.9 Å². The minimum atomic E-state index is -0.950. The molecule has 0 atom stereocenters. The molecule has 0 aliphatic carbocycles. The van der Waals surface area contributed by atoms with Gasteiger partial charge in [-0.05, 0) is 39.5 Å². The van der Waals surface area contributed by atoms with Gasteiger partial charge < -0.3 is 10.4 Å². The number of thiophene rings is 1. The molecule has 0 saturated heterocycles. The van der Waals surface area contributed by atoms with Crippen molar-refractivity contribution in [2.75, 3.05) is 5.32 Å². The summed E-state index contributed by atoms with van der Waals surface area (Å²) in [6.07, 6.45) is 0. The van der Waals surface area contributed by atoms with E-state index in [1.807, 2.05) is 29.6 Å². The molecule has 4 nitrogen and oxygen atoms in total. The van der Waals surface area contributed by atoms with Crippen LogP contribution in [0.4, 0.5) is 5.82 Å². The number of halogens is 1. The highest BCUT2D eigenvalue weighted by Gasteiger charge is 2.11. The number of carboxylic acid groups (broad SMARTS) is 1. The van der Waals surface area contributed by atoms with E-state index in [1.165, 1.54) is 0 Å². The number of para-hydroxylation sites is 1. The van der Waals surface area contributed by atoms with Gasteiger partial charge in [-0.15, -0.1) is 11.3 Å². The Hall–Kier alpha value is -1.92. The van der Waals surface area contributed by atoms with Crippen molar-refractivity contribution < 1.29 is 9.90 Å². The standard InChI is InChI=1S/C15H11BrN2O2S/c16-11-5-6-21-13(11)8-17-14-7-10(15(19)20)9-3-1-2-4-12(9)18-14/h1-7H,8H2,(H,17,18)(H,19,20). The highest BCUT2D eigenvalue weighted by Crippen LogP contribution is 2.25. The van der Waals surface area contributed by atoms with Crippen molar-refractivity contribution in [2.45, 2.75) is 6.54 Å². The lowest BCUT2D eigenvalue weighted by atomic mass is 10.1. The number of hydrogen-bond acceptors (Lipinski definition) is 4. The molecule has 2 N–H and O–H groups in total. The molecule has 21 heavy (non-hydrogen) atoms. The highest BCUT2D eigenvalue weighted by atomic mass is 79.9. The Morgan fingerprint density at radius 1 is 1.33 bits per heavy atom. The minimum Gasteiger partial charge on any atom is -0.478 e. The van der Waals surface area contributed by atoms with Crippen LogP contribution in [0.1, 0.15) is 15.2 Å². The van der Waals surface area contributed by atoms with Crippen molar-refractivity contribution in [3.05, 3.63) is 56.7 Å². The first-order chi connectivity index (χ1) is 10.1. The maximum Gasteiger partial charge on any atom is 0.336 e. The summed E-state index contributed by atoms with van der Waals surface area (Å²) in [6, 6.07) is 10.8. The lowest BCUT2D eigenvalue weighted by Crippen LogP contribution is -2.05. The second-order valence-electron chi connectivity index (χ2n) is 4.42. The molecule has 2 heterocycles. The molecule has 1 aromatic carbocycles. The number of carboxylic acids is 1. The fraction of sp³-hybridized carbons (Fsp3) is 0.0667. The van der Waals surface area contributed by atoms with Gasteiger partial charge >= 0.3 is 5.97 Å². The summed E-state index contributed by atoms with van der Waals surface area (Å²) in [4.78, 5) is 17.0. The van der Waals surface area contributed by atoms with Gasteiger partial charge in [-0.1, -0.05) is 18.2 Å². The number of anilines is 1. The number of carbonyl (C=O) groups is 1. The monoisotopic (exact) mass is 362 g/mol. The first-order valence-electron chi connectivity index (χ1n) is 6.24. The van der Waals surface area contributed by atoms with Gasteiger partial charge in [-0.3, -0.25) is 0 Å². The van der Waals surface area contributed by atoms with E-state index in [1.54, 1.807) is 23.5 Å². The molecule has 0 amide bonds. The zero-order valence-corrected chi connectivity index (χ0v) is 13.2. The van der Waals surface area contributed by atoms with Crippen LogP contribution >= 0.6 is 27.3 Å². The van der Waals surface area contributed by atoms with Crippen molar-refractivity contribution in [3.63, 3.8) is 0 Å². The van der Waals surface area contributed by atoms with Crippen LogP contribution in [0, 0.1) is 0 Å². The first kappa shape index (κ1) is 14.0. The summed E-state index contributed by atoms with van der Waals surface area (Å²) in [5.41, 5.74) is 0.929. The van der Waals surface area contributed by atoms with Crippen molar-refractivity contribution in [1.29, 1.82) is 0 Å². The van der Waals surface area contributed by atoms with Gasteiger partial charge in [0, 0.05) is 14.7 Å². The Kier molecular flexibility index (Phi) is 3.90. The van der Waals surface area contributed by atoms with Crippen LogP contribution < -0.4 is 5.32 Å². The number of rotatable bonds is 4. The molecule has 0 unspecified atom stereocenters. The zero-order valence-electron chi connectivity index (χ0n) is 10.8. The average molecular weight is 363 g/mol. The van der Waals surface area contributed by atoms with Gasteiger partial charge in [0.05, 0.1) is 17.6 Å². The van der Waals surface area contributed by atoms with Crippen molar-refractivity contribution in [2.24, 2.45) is 0 Å². The third-order valence-electron chi connectivity index (χ3n) is 3.07. The second-order valence-corrected chi connectivity index (χ2v) is 6.28. The maximum absolute atomic E-state index is 11.4. The molecule has 0 bridgehead atoms. The molecule has 3 rings (SSSR count). The summed E-state index contributed by atoms with van der Waals surface area (Å²) in [5.74, 6) is -0.389. The van der Waals surface area contributed by atoms with E-state index in [9.17, 15) is 9.90 Å². The summed E-state index contributed by atoms with van der Waals surface area (Å²) < 4.78 is 1.04. The SMILES string of the molecule is O=C(O)c1cc(NCc2sccc2Br)nc2ccccc12. The predicted octanol–water partition coefficient (Wildman–Crippen LogP) is 4.37. The summed E-state index contributed by atoms with van der Waals surface area (Å²) in [6.45, 7) is 0.600. The largest absolute Gasteiger partial charge is 0.478 e. The van der Waals surface area contributed by atoms with E-state index in [0.717, 1.165) is 9.35 Å². The molecule has 3 aromatic rings. The van der Waals surface area contributed by atoms with E-state index >= 15 is 0 Å². The van der Waals surface area contributed by atoms with E-state index < -0.39 is 5.97 Å².